The molecule has 2 atom stereocenters. The van der Waals surface area contributed by atoms with E-state index in [9.17, 15) is 13.2 Å². The summed E-state index contributed by atoms with van der Waals surface area (Å²) in [6.45, 7) is 3.59. The molecule has 7 nitrogen and oxygen atoms in total. The van der Waals surface area contributed by atoms with Crippen LogP contribution in [0.15, 0.2) is 22.6 Å². The summed E-state index contributed by atoms with van der Waals surface area (Å²) in [7, 11) is -0.394. The van der Waals surface area contributed by atoms with Gasteiger partial charge >= 0.3 is 0 Å². The molecule has 138 valence electrons. The van der Waals surface area contributed by atoms with Gasteiger partial charge in [-0.15, -0.1) is 0 Å². The van der Waals surface area contributed by atoms with Gasteiger partial charge in [-0.1, -0.05) is 6.92 Å². The Morgan fingerprint density at radius 3 is 2.44 bits per heavy atom. The van der Waals surface area contributed by atoms with Gasteiger partial charge in [-0.05, 0) is 30.5 Å². The van der Waals surface area contributed by atoms with Gasteiger partial charge in [0.1, 0.15) is 11.5 Å². The van der Waals surface area contributed by atoms with E-state index in [-0.39, 0.29) is 5.91 Å². The van der Waals surface area contributed by atoms with Crippen LogP contribution in [0.2, 0.25) is 0 Å². The Kier molecular flexibility index (Phi) is 5.04. The highest BCUT2D eigenvalue weighted by Crippen LogP contribution is 2.47. The average Bonchev–Trinajstić information content (AvgIpc) is 3.13. The first-order chi connectivity index (χ1) is 11.8. The predicted octanol–water partition coefficient (Wildman–Crippen LogP) is 1.37. The molecule has 1 aromatic heterocycles. The molecule has 0 aromatic carbocycles. The first-order valence-corrected chi connectivity index (χ1v) is 9.93. The Morgan fingerprint density at radius 1 is 1.24 bits per heavy atom. The molecule has 1 saturated heterocycles. The second-order valence-electron chi connectivity index (χ2n) is 6.91. The Balaban J connectivity index is 1.53. The molecule has 1 aliphatic heterocycles. The standard InChI is InChI=1S/C17H25N3O4S/c1-13-12-15(13)16-6-4-14(24-16)5-7-17(21)19-8-10-20(11-9-19)25(22,23)18(2)3/h4-7,13,15H,8-12H2,1-3H3/b7-5+. The van der Waals surface area contributed by atoms with Gasteiger partial charge in [0.2, 0.25) is 5.91 Å². The van der Waals surface area contributed by atoms with Crippen LogP contribution >= 0.6 is 0 Å². The van der Waals surface area contributed by atoms with E-state index in [1.54, 1.807) is 11.0 Å². The first-order valence-electron chi connectivity index (χ1n) is 8.53. The van der Waals surface area contributed by atoms with Crippen molar-refractivity contribution < 1.29 is 17.6 Å². The van der Waals surface area contributed by atoms with Crippen molar-refractivity contribution in [3.8, 4) is 0 Å². The molecule has 2 heterocycles. The van der Waals surface area contributed by atoms with Crippen LogP contribution < -0.4 is 0 Å². The SMILES string of the molecule is CC1CC1c1ccc(/C=C/C(=O)N2CCN(S(=O)(=O)N(C)C)CC2)o1. The van der Waals surface area contributed by atoms with Gasteiger partial charge in [0.05, 0.1) is 0 Å². The minimum Gasteiger partial charge on any atom is -0.461 e. The summed E-state index contributed by atoms with van der Waals surface area (Å²) in [4.78, 5) is 13.9. The van der Waals surface area contributed by atoms with E-state index in [1.165, 1.54) is 28.8 Å². The van der Waals surface area contributed by atoms with Crippen molar-refractivity contribution in [3.05, 3.63) is 29.7 Å². The van der Waals surface area contributed by atoms with Crippen LogP contribution in [-0.2, 0) is 15.0 Å². The number of hydrogen-bond donors (Lipinski definition) is 0. The number of nitrogens with zero attached hydrogens (tertiary/aromatic N) is 3. The van der Waals surface area contributed by atoms with Crippen LogP contribution in [0.4, 0.5) is 0 Å². The summed E-state index contributed by atoms with van der Waals surface area (Å²) < 4.78 is 32.5. The third-order valence-corrected chi connectivity index (χ3v) is 6.79. The van der Waals surface area contributed by atoms with E-state index in [0.29, 0.717) is 43.8 Å². The molecular formula is C17H25N3O4S. The second kappa shape index (κ2) is 6.93. The molecular weight excluding hydrogens is 342 g/mol. The van der Waals surface area contributed by atoms with E-state index in [4.69, 9.17) is 4.42 Å². The second-order valence-corrected chi connectivity index (χ2v) is 9.05. The van der Waals surface area contributed by atoms with Gasteiger partial charge in [0, 0.05) is 52.3 Å². The molecule has 1 aliphatic carbocycles. The summed E-state index contributed by atoms with van der Waals surface area (Å²) >= 11 is 0. The molecule has 2 aliphatic rings. The zero-order valence-corrected chi connectivity index (χ0v) is 15.7. The molecule has 0 N–H and O–H groups in total. The molecule has 8 heteroatoms. The Labute approximate surface area is 149 Å². The number of carbonyl (C=O) groups excluding carboxylic acids is 1. The van der Waals surface area contributed by atoms with Crippen molar-refractivity contribution >= 4 is 22.2 Å². The maximum atomic E-state index is 12.3. The third kappa shape index (κ3) is 3.96. The number of rotatable bonds is 5. The average molecular weight is 367 g/mol. The number of hydrogen-bond acceptors (Lipinski definition) is 4. The van der Waals surface area contributed by atoms with E-state index >= 15 is 0 Å². The molecule has 0 spiro atoms. The van der Waals surface area contributed by atoms with Crippen molar-refractivity contribution in [2.24, 2.45) is 5.92 Å². The van der Waals surface area contributed by atoms with Crippen LogP contribution in [0.5, 0.6) is 0 Å². The molecule has 1 saturated carbocycles. The summed E-state index contributed by atoms with van der Waals surface area (Å²) in [5.41, 5.74) is 0. The van der Waals surface area contributed by atoms with Gasteiger partial charge in [0.25, 0.3) is 10.2 Å². The summed E-state index contributed by atoms with van der Waals surface area (Å²) in [5.74, 6) is 2.74. The highest BCUT2D eigenvalue weighted by molar-refractivity contribution is 7.86. The fourth-order valence-corrected chi connectivity index (χ4v) is 4.09. The summed E-state index contributed by atoms with van der Waals surface area (Å²) in [5, 5.41) is 0. The van der Waals surface area contributed by atoms with Crippen LogP contribution in [0.3, 0.4) is 0 Å². The number of furan rings is 1. The third-order valence-electron chi connectivity index (χ3n) is 4.85. The van der Waals surface area contributed by atoms with Crippen LogP contribution in [0.1, 0.15) is 30.8 Å². The largest absolute Gasteiger partial charge is 0.461 e. The van der Waals surface area contributed by atoms with Gasteiger partial charge < -0.3 is 9.32 Å². The molecule has 2 unspecified atom stereocenters. The zero-order chi connectivity index (χ0) is 18.2. The number of carbonyl (C=O) groups is 1. The van der Waals surface area contributed by atoms with Gasteiger partial charge in [0.15, 0.2) is 0 Å². The van der Waals surface area contributed by atoms with Gasteiger partial charge in [-0.3, -0.25) is 4.79 Å². The lowest BCUT2D eigenvalue weighted by Gasteiger charge is -2.34. The highest BCUT2D eigenvalue weighted by Gasteiger charge is 2.36. The molecule has 0 radical (unpaired) electrons. The normalized spacial score (nSPS) is 25.0. The summed E-state index contributed by atoms with van der Waals surface area (Å²) in [6, 6.07) is 3.86. The Hall–Kier alpha value is -1.64. The lowest BCUT2D eigenvalue weighted by atomic mass is 10.3. The van der Waals surface area contributed by atoms with Crippen molar-refractivity contribution in [2.45, 2.75) is 19.3 Å². The molecule has 1 aromatic rings. The predicted molar refractivity (Wildman–Crippen MR) is 95.0 cm³/mol. The monoisotopic (exact) mass is 367 g/mol. The van der Waals surface area contributed by atoms with E-state index in [0.717, 1.165) is 12.2 Å². The summed E-state index contributed by atoms with van der Waals surface area (Å²) in [6.07, 6.45) is 4.34. The minimum absolute atomic E-state index is 0.125. The van der Waals surface area contributed by atoms with Crippen LogP contribution in [0, 0.1) is 5.92 Å². The van der Waals surface area contributed by atoms with Crippen molar-refractivity contribution in [1.29, 1.82) is 0 Å². The number of amides is 1. The quantitative estimate of drug-likeness (QED) is 0.737. The minimum atomic E-state index is -3.41. The van der Waals surface area contributed by atoms with E-state index < -0.39 is 10.2 Å². The highest BCUT2D eigenvalue weighted by atomic mass is 32.2. The molecule has 1 amide bonds. The molecule has 0 bridgehead atoms. The van der Waals surface area contributed by atoms with E-state index in [1.807, 2.05) is 12.1 Å². The van der Waals surface area contributed by atoms with Crippen molar-refractivity contribution in [1.82, 2.24) is 13.5 Å². The van der Waals surface area contributed by atoms with Gasteiger partial charge in [-0.2, -0.15) is 17.0 Å². The molecule has 25 heavy (non-hydrogen) atoms. The fourth-order valence-electron chi connectivity index (χ4n) is 3.00. The molecule has 2 fully saturated rings. The lowest BCUT2D eigenvalue weighted by Crippen LogP contribution is -2.52. The van der Waals surface area contributed by atoms with Crippen LogP contribution in [-0.4, -0.2) is 68.1 Å². The number of piperazine rings is 1. The van der Waals surface area contributed by atoms with Gasteiger partial charge in [-0.25, -0.2) is 0 Å². The smallest absolute Gasteiger partial charge is 0.281 e. The van der Waals surface area contributed by atoms with Crippen molar-refractivity contribution in [3.63, 3.8) is 0 Å². The Morgan fingerprint density at radius 2 is 1.88 bits per heavy atom. The first kappa shape index (κ1) is 18.2. The lowest BCUT2D eigenvalue weighted by molar-refractivity contribution is -0.127. The topological polar surface area (TPSA) is 74.1 Å². The maximum Gasteiger partial charge on any atom is 0.281 e. The maximum absolute atomic E-state index is 12.3. The Bertz CT molecular complexity index is 761. The van der Waals surface area contributed by atoms with Crippen molar-refractivity contribution in [2.75, 3.05) is 40.3 Å². The fraction of sp³-hybridized carbons (Fsp3) is 0.588. The van der Waals surface area contributed by atoms with Crippen LogP contribution in [0.25, 0.3) is 6.08 Å². The zero-order valence-electron chi connectivity index (χ0n) is 14.9. The van der Waals surface area contributed by atoms with E-state index in [2.05, 4.69) is 6.92 Å². The molecule has 3 rings (SSSR count).